The van der Waals surface area contributed by atoms with Gasteiger partial charge in [-0.2, -0.15) is 47.9 Å². The molecule has 41 heavy (non-hydrogen) atoms. The fourth-order valence-electron chi connectivity index (χ4n) is 3.14. The number of rotatable bonds is 7. The van der Waals surface area contributed by atoms with E-state index in [9.17, 15) is 47.9 Å². The molecule has 0 saturated carbocycles. The summed E-state index contributed by atoms with van der Waals surface area (Å²) in [7, 11) is -7.71. The van der Waals surface area contributed by atoms with Crippen LogP contribution in [-0.4, -0.2) is 41.8 Å². The van der Waals surface area contributed by atoms with Crippen molar-refractivity contribution in [2.45, 2.75) is 49.6 Å². The number of alkyl halides is 9. The van der Waals surface area contributed by atoms with E-state index in [-0.39, 0.29) is 5.60 Å². The Kier molecular flexibility index (Phi) is 10.2. The normalized spacial score (nSPS) is 13.4. The van der Waals surface area contributed by atoms with Crippen molar-refractivity contribution in [2.24, 2.45) is 0 Å². The lowest BCUT2D eigenvalue weighted by Gasteiger charge is -2.31. The average molecular weight is 634 g/mol. The molecule has 226 valence electrons. The summed E-state index contributed by atoms with van der Waals surface area (Å²) in [4.78, 5) is 0. The van der Waals surface area contributed by atoms with E-state index < -0.39 is 41.3 Å². The molecule has 0 atom stereocenters. The molecular formula is C26H24F9O4PS. The Morgan fingerprint density at radius 3 is 1.29 bits per heavy atom. The first-order chi connectivity index (χ1) is 18.5. The van der Waals surface area contributed by atoms with E-state index >= 15 is 0 Å². The lowest BCUT2D eigenvalue weighted by atomic mass is 10.1. The molecule has 0 fully saturated rings. The number of ether oxygens (including phenoxy) is 1. The summed E-state index contributed by atoms with van der Waals surface area (Å²) >= 11 is 0. The monoisotopic (exact) mass is 634 g/mol. The van der Waals surface area contributed by atoms with Gasteiger partial charge in [0.2, 0.25) is 0 Å². The van der Waals surface area contributed by atoms with Crippen molar-refractivity contribution in [1.29, 1.82) is 0 Å². The van der Waals surface area contributed by atoms with Gasteiger partial charge in [-0.25, -0.2) is 0 Å². The van der Waals surface area contributed by atoms with Gasteiger partial charge in [-0.3, -0.25) is 4.55 Å². The Morgan fingerprint density at radius 2 is 0.976 bits per heavy atom. The lowest BCUT2D eigenvalue weighted by molar-refractivity contribution is -0.382. The molecule has 4 nitrogen and oxygen atoms in total. The van der Waals surface area contributed by atoms with E-state index in [1.165, 1.54) is 15.9 Å². The summed E-state index contributed by atoms with van der Waals surface area (Å²) in [6.07, 6.45) is -7.13. The highest BCUT2D eigenvalue weighted by atomic mass is 32.2. The third kappa shape index (κ3) is 7.92. The van der Waals surface area contributed by atoms with Crippen LogP contribution < -0.4 is 20.7 Å². The summed E-state index contributed by atoms with van der Waals surface area (Å²) < 4.78 is 140. The molecule has 1 N–H and O–H groups in total. The Balaban J connectivity index is 0.000000307. The maximum atomic E-state index is 12.2. The minimum atomic E-state index is -7.37. The van der Waals surface area contributed by atoms with Crippen molar-refractivity contribution in [3.8, 4) is 5.75 Å². The van der Waals surface area contributed by atoms with Crippen LogP contribution in [0, 0.1) is 0 Å². The van der Waals surface area contributed by atoms with Gasteiger partial charge in [0, 0.05) is 0 Å². The van der Waals surface area contributed by atoms with E-state index in [2.05, 4.69) is 106 Å². The van der Waals surface area contributed by atoms with Crippen LogP contribution in [0.5, 0.6) is 5.75 Å². The van der Waals surface area contributed by atoms with Crippen LogP contribution in [0.15, 0.2) is 84.9 Å². The topological polar surface area (TPSA) is 63.6 Å². The predicted molar refractivity (Wildman–Crippen MR) is 138 cm³/mol. The number of halogens is 9. The third-order valence-electron chi connectivity index (χ3n) is 4.99. The zero-order valence-electron chi connectivity index (χ0n) is 21.5. The zero-order chi connectivity index (χ0) is 31.5. The molecule has 0 radical (unpaired) electrons. The van der Waals surface area contributed by atoms with Crippen LogP contribution in [0.3, 0.4) is 0 Å². The Morgan fingerprint density at radius 1 is 0.610 bits per heavy atom. The summed E-state index contributed by atoms with van der Waals surface area (Å²) in [6.45, 7) is 6.21. The Labute approximate surface area is 231 Å². The molecule has 0 aliphatic heterocycles. The van der Waals surface area contributed by atoms with Gasteiger partial charge in [-0.1, -0.05) is 72.8 Å². The number of hydrogen-bond donors (Lipinski definition) is 1. The van der Waals surface area contributed by atoms with Crippen molar-refractivity contribution in [1.82, 2.24) is 0 Å². The lowest BCUT2D eigenvalue weighted by Crippen LogP contribution is -2.63. The van der Waals surface area contributed by atoms with Crippen LogP contribution >= 0.6 is 7.92 Å². The Hall–Kier alpha value is -2.83. The summed E-state index contributed by atoms with van der Waals surface area (Å²) in [5, 5.41) is -2.94. The molecule has 0 aliphatic carbocycles. The first kappa shape index (κ1) is 34.4. The first-order valence-corrected chi connectivity index (χ1v) is 14.2. The molecule has 0 aromatic heterocycles. The van der Waals surface area contributed by atoms with Crippen LogP contribution in [0.25, 0.3) is 0 Å². The SMILES string of the molecule is CC(C)(C)Oc1ccc(P(c2ccccc2)c2ccccc2)cc1.O=S(=O)(O)C(F)(F)C(F)(F)C(F)(F)C(F)(F)F. The van der Waals surface area contributed by atoms with Gasteiger partial charge in [0.1, 0.15) is 11.4 Å². The van der Waals surface area contributed by atoms with E-state index in [0.29, 0.717) is 0 Å². The zero-order valence-corrected chi connectivity index (χ0v) is 23.2. The Bertz CT molecular complexity index is 1340. The van der Waals surface area contributed by atoms with Crippen LogP contribution in [0.2, 0.25) is 0 Å². The minimum absolute atomic E-state index is 0.175. The fourth-order valence-corrected chi connectivity index (χ4v) is 5.88. The van der Waals surface area contributed by atoms with E-state index in [4.69, 9.17) is 9.29 Å². The molecule has 0 heterocycles. The molecule has 3 aromatic rings. The highest BCUT2D eigenvalue weighted by molar-refractivity contribution is 7.87. The van der Waals surface area contributed by atoms with Crippen LogP contribution in [-0.2, 0) is 10.1 Å². The van der Waals surface area contributed by atoms with Crippen molar-refractivity contribution < 1.29 is 57.2 Å². The molecule has 3 aromatic carbocycles. The van der Waals surface area contributed by atoms with E-state index in [0.717, 1.165) is 5.75 Å². The van der Waals surface area contributed by atoms with E-state index in [1.54, 1.807) is 0 Å². The molecule has 0 saturated heterocycles. The second-order valence-corrected chi connectivity index (χ2v) is 13.0. The van der Waals surface area contributed by atoms with Crippen LogP contribution in [0.1, 0.15) is 20.8 Å². The van der Waals surface area contributed by atoms with Crippen molar-refractivity contribution in [3.05, 3.63) is 84.9 Å². The maximum Gasteiger partial charge on any atom is 0.460 e. The molecule has 3 rings (SSSR count). The number of hydrogen-bond acceptors (Lipinski definition) is 3. The maximum absolute atomic E-state index is 12.2. The number of benzene rings is 3. The van der Waals surface area contributed by atoms with Gasteiger partial charge in [0.25, 0.3) is 0 Å². The molecule has 0 bridgehead atoms. The summed E-state index contributed by atoms with van der Waals surface area (Å²) in [5.41, 5.74) is -0.175. The largest absolute Gasteiger partial charge is 0.488 e. The van der Waals surface area contributed by atoms with Gasteiger partial charge in [0.05, 0.1) is 0 Å². The van der Waals surface area contributed by atoms with Gasteiger partial charge in [-0.15, -0.1) is 0 Å². The van der Waals surface area contributed by atoms with Crippen molar-refractivity contribution >= 4 is 34.0 Å². The third-order valence-corrected chi connectivity index (χ3v) is 8.34. The molecule has 0 amide bonds. The second kappa shape index (κ2) is 12.2. The highest BCUT2D eigenvalue weighted by Crippen LogP contribution is 2.54. The highest BCUT2D eigenvalue weighted by Gasteiger charge is 2.85. The molecule has 15 heteroatoms. The van der Waals surface area contributed by atoms with Gasteiger partial charge >= 0.3 is 33.4 Å². The fraction of sp³-hybridized carbons (Fsp3) is 0.308. The molecule has 0 spiro atoms. The standard InChI is InChI=1S/C22H23OP.C4HF9O3S/c1-22(2,3)23-18-14-16-21(17-15-18)24(19-10-6-4-7-11-19)20-12-8-5-9-13-20;5-1(6,3(9,10)11)2(7,8)4(12,13)17(14,15)16/h4-17H,1-3H3;(H,14,15,16). The van der Waals surface area contributed by atoms with Crippen molar-refractivity contribution in [3.63, 3.8) is 0 Å². The van der Waals surface area contributed by atoms with Gasteiger partial charge in [-0.05, 0) is 56.7 Å². The van der Waals surface area contributed by atoms with Crippen LogP contribution in [0.4, 0.5) is 39.5 Å². The predicted octanol–water partition coefficient (Wildman–Crippen LogP) is 6.92. The summed E-state index contributed by atoms with van der Waals surface area (Å²) in [6, 6.07) is 30.1. The van der Waals surface area contributed by atoms with Crippen molar-refractivity contribution in [2.75, 3.05) is 0 Å². The molecule has 0 unspecified atom stereocenters. The van der Waals surface area contributed by atoms with Gasteiger partial charge in [0.15, 0.2) is 0 Å². The smallest absolute Gasteiger partial charge is 0.460 e. The molecule has 0 aliphatic rings. The molecular weight excluding hydrogens is 610 g/mol. The average Bonchev–Trinajstić information content (AvgIpc) is 2.84. The second-order valence-electron chi connectivity index (χ2n) is 9.35. The van der Waals surface area contributed by atoms with Gasteiger partial charge < -0.3 is 4.74 Å². The minimum Gasteiger partial charge on any atom is -0.488 e. The van der Waals surface area contributed by atoms with E-state index in [1.807, 2.05) is 0 Å². The quantitative estimate of drug-likeness (QED) is 0.174. The first-order valence-electron chi connectivity index (χ1n) is 11.4. The summed E-state index contributed by atoms with van der Waals surface area (Å²) in [5.74, 6) is -13.8.